The highest BCUT2D eigenvalue weighted by atomic mass is 31.0. The van der Waals surface area contributed by atoms with Gasteiger partial charge < -0.3 is 0 Å². The van der Waals surface area contributed by atoms with Crippen LogP contribution in [-0.4, -0.2) is 14.5 Å². The van der Waals surface area contributed by atoms with E-state index in [-0.39, 0.29) is 5.69 Å². The first-order valence-electron chi connectivity index (χ1n) is 3.98. The summed E-state index contributed by atoms with van der Waals surface area (Å²) in [4.78, 5) is 10.1. The average Bonchev–Trinajstić information content (AvgIpc) is 2.42. The number of hydrogen-bond donors (Lipinski definition) is 0. The van der Waals surface area contributed by atoms with E-state index in [9.17, 15) is 10.1 Å². The molecule has 0 aliphatic heterocycles. The average molecular weight is 209 g/mol. The lowest BCUT2D eigenvalue weighted by atomic mass is 10.2. The number of benzene rings is 1. The van der Waals surface area contributed by atoms with Gasteiger partial charge in [0.1, 0.15) is 0 Å². The molecule has 0 N–H and O–H groups in total. The molecular weight excluding hydrogens is 201 g/mol. The summed E-state index contributed by atoms with van der Waals surface area (Å²) in [7, 11) is 2.44. The van der Waals surface area contributed by atoms with E-state index in [1.165, 1.54) is 12.1 Å². The van der Waals surface area contributed by atoms with Crippen LogP contribution in [0.1, 0.15) is 5.69 Å². The van der Waals surface area contributed by atoms with Gasteiger partial charge in [0, 0.05) is 17.5 Å². The number of fused-ring (bicyclic) bond motifs is 1. The third kappa shape index (κ3) is 1.26. The number of aryl methyl sites for hydroxylation is 1. The van der Waals surface area contributed by atoms with Crippen LogP contribution < -0.4 is 0 Å². The van der Waals surface area contributed by atoms with Gasteiger partial charge in [-0.1, -0.05) is 0 Å². The highest BCUT2D eigenvalue weighted by Crippen LogP contribution is 2.24. The van der Waals surface area contributed by atoms with Gasteiger partial charge in [-0.05, 0) is 22.4 Å². The van der Waals surface area contributed by atoms with E-state index in [0.717, 1.165) is 16.6 Å². The maximum Gasteiger partial charge on any atom is 0.270 e. The van der Waals surface area contributed by atoms with Crippen molar-refractivity contribution in [3.05, 3.63) is 34.0 Å². The first-order valence-corrected chi connectivity index (χ1v) is 4.50. The number of nitro benzene ring substituents is 1. The fourth-order valence-corrected chi connectivity index (χ4v) is 1.79. The van der Waals surface area contributed by atoms with Crippen LogP contribution in [0.4, 0.5) is 5.69 Å². The van der Waals surface area contributed by atoms with Crippen molar-refractivity contribution >= 4 is 26.0 Å². The fraction of sp³-hybridized carbons (Fsp3) is 0.125. The highest BCUT2D eigenvalue weighted by molar-refractivity contribution is 7.14. The Morgan fingerprint density at radius 3 is 2.93 bits per heavy atom. The Hall–Kier alpha value is -1.48. The second-order valence-corrected chi connectivity index (χ2v) is 3.48. The molecule has 1 atom stereocenters. The molecule has 0 bridgehead atoms. The fourth-order valence-electron chi connectivity index (χ4n) is 1.40. The lowest BCUT2D eigenvalue weighted by Gasteiger charge is -1.93. The van der Waals surface area contributed by atoms with Gasteiger partial charge in [0.15, 0.2) is 0 Å². The van der Waals surface area contributed by atoms with Crippen LogP contribution in [0.15, 0.2) is 18.2 Å². The van der Waals surface area contributed by atoms with E-state index in [4.69, 9.17) is 0 Å². The quantitative estimate of drug-likeness (QED) is 0.409. The van der Waals surface area contributed by atoms with Gasteiger partial charge in [0.05, 0.1) is 16.1 Å². The summed E-state index contributed by atoms with van der Waals surface area (Å²) in [5.74, 6) is 0. The normalized spacial score (nSPS) is 10.7. The van der Waals surface area contributed by atoms with Gasteiger partial charge in [-0.2, -0.15) is 5.10 Å². The van der Waals surface area contributed by atoms with E-state index < -0.39 is 4.92 Å². The molecule has 6 heteroatoms. The Bertz CT molecular complexity index is 521. The summed E-state index contributed by atoms with van der Waals surface area (Å²) >= 11 is 0. The predicted octanol–water partition coefficient (Wildman–Crippen LogP) is 1.89. The Kier molecular flexibility index (Phi) is 1.97. The van der Waals surface area contributed by atoms with Crippen LogP contribution in [0, 0.1) is 17.0 Å². The largest absolute Gasteiger partial charge is 0.270 e. The van der Waals surface area contributed by atoms with Crippen molar-refractivity contribution in [2.24, 2.45) is 0 Å². The van der Waals surface area contributed by atoms with Crippen molar-refractivity contribution in [3.63, 3.8) is 0 Å². The molecule has 0 spiro atoms. The zero-order chi connectivity index (χ0) is 10.3. The van der Waals surface area contributed by atoms with Gasteiger partial charge in [0.25, 0.3) is 5.69 Å². The summed E-state index contributed by atoms with van der Waals surface area (Å²) in [6, 6.07) is 4.71. The minimum absolute atomic E-state index is 0.0959. The van der Waals surface area contributed by atoms with Crippen LogP contribution in [0.3, 0.4) is 0 Å². The number of non-ortho nitro benzene ring substituents is 1. The lowest BCUT2D eigenvalue weighted by Crippen LogP contribution is -1.87. The maximum atomic E-state index is 10.5. The van der Waals surface area contributed by atoms with Crippen LogP contribution in [0.25, 0.3) is 10.9 Å². The summed E-state index contributed by atoms with van der Waals surface area (Å²) in [6.45, 7) is 1.83. The molecule has 72 valence electrons. The summed E-state index contributed by atoms with van der Waals surface area (Å²) in [6.07, 6.45) is 0. The second-order valence-electron chi connectivity index (χ2n) is 2.99. The van der Waals surface area contributed by atoms with Gasteiger partial charge in [-0.15, -0.1) is 0 Å². The molecule has 0 amide bonds. The number of rotatable bonds is 1. The third-order valence-electron chi connectivity index (χ3n) is 2.09. The first-order chi connectivity index (χ1) is 6.59. The Morgan fingerprint density at radius 1 is 1.57 bits per heavy atom. The van der Waals surface area contributed by atoms with E-state index in [1.807, 2.05) is 6.92 Å². The minimum Gasteiger partial charge on any atom is -0.258 e. The van der Waals surface area contributed by atoms with E-state index in [2.05, 4.69) is 14.5 Å². The zero-order valence-corrected chi connectivity index (χ0v) is 8.62. The molecule has 0 saturated heterocycles. The van der Waals surface area contributed by atoms with Crippen molar-refractivity contribution in [1.29, 1.82) is 0 Å². The lowest BCUT2D eigenvalue weighted by molar-refractivity contribution is -0.384. The molecule has 1 heterocycles. The number of nitro groups is 1. The molecule has 0 fully saturated rings. The van der Waals surface area contributed by atoms with Gasteiger partial charge >= 0.3 is 0 Å². The highest BCUT2D eigenvalue weighted by Gasteiger charge is 2.10. The van der Waals surface area contributed by atoms with Crippen molar-refractivity contribution in [3.8, 4) is 0 Å². The van der Waals surface area contributed by atoms with Crippen LogP contribution in [0.5, 0.6) is 0 Å². The molecule has 5 nitrogen and oxygen atoms in total. The summed E-state index contributed by atoms with van der Waals surface area (Å²) in [5, 5.41) is 15.5. The summed E-state index contributed by atoms with van der Waals surface area (Å²) < 4.78 is 1.63. The van der Waals surface area contributed by atoms with Gasteiger partial charge in [-0.3, -0.25) is 14.6 Å². The molecule has 2 rings (SSSR count). The van der Waals surface area contributed by atoms with Crippen LogP contribution in [-0.2, 0) is 0 Å². The Morgan fingerprint density at radius 2 is 2.29 bits per heavy atom. The monoisotopic (exact) mass is 209 g/mol. The first kappa shape index (κ1) is 9.09. The van der Waals surface area contributed by atoms with Crippen molar-refractivity contribution in [2.45, 2.75) is 6.92 Å². The van der Waals surface area contributed by atoms with Crippen molar-refractivity contribution < 1.29 is 4.92 Å². The molecule has 0 saturated carbocycles. The summed E-state index contributed by atoms with van der Waals surface area (Å²) in [5.41, 5.74) is 1.76. The smallest absolute Gasteiger partial charge is 0.258 e. The standard InChI is InChI=1S/C8H8N3O2P/c1-5-7-4-6(11(12)13)2-3-8(7)10(14)9-5/h2-4H,14H2,1H3. The Labute approximate surface area is 82.1 Å². The molecular formula is C8H8N3O2P. The predicted molar refractivity (Wildman–Crippen MR) is 56.2 cm³/mol. The molecule has 0 aliphatic carbocycles. The van der Waals surface area contributed by atoms with Crippen LogP contribution >= 0.6 is 9.39 Å². The number of nitrogens with zero attached hydrogens (tertiary/aromatic N) is 3. The SMILES string of the molecule is Cc1nn(P)c2ccc([N+](=O)[O-])cc12. The topological polar surface area (TPSA) is 61.0 Å². The van der Waals surface area contributed by atoms with Crippen molar-refractivity contribution in [1.82, 2.24) is 9.55 Å². The zero-order valence-electron chi connectivity index (χ0n) is 7.47. The molecule has 0 aliphatic rings. The minimum atomic E-state index is -0.404. The Balaban J connectivity index is 2.77. The number of hydrogen-bond acceptors (Lipinski definition) is 3. The van der Waals surface area contributed by atoms with Crippen LogP contribution in [0.2, 0.25) is 0 Å². The molecule has 2 aromatic rings. The molecule has 14 heavy (non-hydrogen) atoms. The maximum absolute atomic E-state index is 10.5. The second kappa shape index (κ2) is 3.03. The van der Waals surface area contributed by atoms with Crippen molar-refractivity contribution in [2.75, 3.05) is 0 Å². The van der Waals surface area contributed by atoms with E-state index in [1.54, 1.807) is 10.5 Å². The molecule has 1 aromatic carbocycles. The van der Waals surface area contributed by atoms with E-state index in [0.29, 0.717) is 0 Å². The molecule has 1 unspecified atom stereocenters. The number of aromatic nitrogens is 2. The van der Waals surface area contributed by atoms with E-state index >= 15 is 0 Å². The van der Waals surface area contributed by atoms with Gasteiger partial charge in [-0.25, -0.2) is 0 Å². The van der Waals surface area contributed by atoms with Gasteiger partial charge in [0.2, 0.25) is 0 Å². The third-order valence-corrected chi connectivity index (χ3v) is 2.48. The molecule has 1 aromatic heterocycles. The molecule has 0 radical (unpaired) electrons.